The first-order valence-electron chi connectivity index (χ1n) is 8.97. The molecule has 1 N–H and O–H groups in total. The Labute approximate surface area is 145 Å². The maximum atomic E-state index is 12.9. The number of likely N-dealkylation sites (tertiary alicyclic amines) is 2. The molecule has 0 aromatic carbocycles. The Morgan fingerprint density at radius 2 is 1.61 bits per heavy atom. The summed E-state index contributed by atoms with van der Waals surface area (Å²) < 4.78 is 0. The number of nitrogens with one attached hydrogen (secondary N) is 1. The molecule has 6 heteroatoms. The van der Waals surface area contributed by atoms with E-state index in [2.05, 4.69) is 5.32 Å². The zero-order chi connectivity index (χ0) is 15.5. The second-order valence-corrected chi connectivity index (χ2v) is 7.08. The second-order valence-electron chi connectivity index (χ2n) is 7.08. The van der Waals surface area contributed by atoms with E-state index in [9.17, 15) is 9.59 Å². The van der Waals surface area contributed by atoms with Crippen molar-refractivity contribution in [1.29, 1.82) is 0 Å². The minimum Gasteiger partial charge on any atom is -0.339 e. The van der Waals surface area contributed by atoms with Gasteiger partial charge in [-0.25, -0.2) is 0 Å². The van der Waals surface area contributed by atoms with E-state index in [0.29, 0.717) is 6.04 Å². The zero-order valence-corrected chi connectivity index (χ0v) is 14.9. The van der Waals surface area contributed by atoms with Crippen molar-refractivity contribution < 1.29 is 9.59 Å². The third-order valence-electron chi connectivity index (χ3n) is 5.67. The molecule has 3 rings (SSSR count). The van der Waals surface area contributed by atoms with Gasteiger partial charge in [-0.05, 0) is 45.6 Å². The van der Waals surface area contributed by atoms with Crippen LogP contribution in [0.1, 0.15) is 51.4 Å². The number of carbonyl (C=O) groups excluding carboxylic acids is 2. The third-order valence-corrected chi connectivity index (χ3v) is 5.67. The number of rotatable bonds is 3. The molecule has 3 aliphatic rings. The summed E-state index contributed by atoms with van der Waals surface area (Å²) >= 11 is 0. The van der Waals surface area contributed by atoms with Gasteiger partial charge in [-0.15, -0.1) is 12.4 Å². The molecule has 0 bridgehead atoms. The van der Waals surface area contributed by atoms with E-state index in [-0.39, 0.29) is 36.2 Å². The van der Waals surface area contributed by atoms with E-state index in [1.54, 1.807) is 0 Å². The summed E-state index contributed by atoms with van der Waals surface area (Å²) in [5.41, 5.74) is 0. The van der Waals surface area contributed by atoms with Gasteiger partial charge in [-0.1, -0.05) is 12.8 Å². The molecule has 0 aromatic heterocycles. The summed E-state index contributed by atoms with van der Waals surface area (Å²) in [5, 5.41) is 3.28. The highest BCUT2D eigenvalue weighted by atomic mass is 35.5. The molecule has 2 saturated heterocycles. The van der Waals surface area contributed by atoms with Gasteiger partial charge >= 0.3 is 0 Å². The van der Waals surface area contributed by atoms with Gasteiger partial charge in [-0.3, -0.25) is 9.59 Å². The fourth-order valence-corrected chi connectivity index (χ4v) is 4.32. The Hall–Kier alpha value is -0.810. The van der Waals surface area contributed by atoms with E-state index < -0.39 is 0 Å². The lowest BCUT2D eigenvalue weighted by Crippen LogP contribution is -2.54. The van der Waals surface area contributed by atoms with Crippen LogP contribution >= 0.6 is 12.4 Å². The molecule has 3 fully saturated rings. The van der Waals surface area contributed by atoms with Gasteiger partial charge in [0.25, 0.3) is 0 Å². The van der Waals surface area contributed by atoms with E-state index in [1.807, 2.05) is 16.8 Å². The summed E-state index contributed by atoms with van der Waals surface area (Å²) in [6, 6.07) is 0.210. The quantitative estimate of drug-likeness (QED) is 0.850. The maximum Gasteiger partial charge on any atom is 0.245 e. The number of halogens is 1. The number of piperidine rings is 1. The summed E-state index contributed by atoms with van der Waals surface area (Å²) in [6.07, 6.45) is 8.37. The number of carbonyl (C=O) groups is 2. The fourth-order valence-electron chi connectivity index (χ4n) is 4.32. The first kappa shape index (κ1) is 18.5. The van der Waals surface area contributed by atoms with Crippen molar-refractivity contribution in [3.63, 3.8) is 0 Å². The minimum absolute atomic E-state index is 0. The molecule has 0 radical (unpaired) electrons. The summed E-state index contributed by atoms with van der Waals surface area (Å²) in [4.78, 5) is 29.5. The first-order chi connectivity index (χ1) is 10.7. The van der Waals surface area contributed by atoms with E-state index in [4.69, 9.17) is 0 Å². The Bertz CT molecular complexity index is 426. The summed E-state index contributed by atoms with van der Waals surface area (Å²) in [6.45, 7) is 2.41. The van der Waals surface area contributed by atoms with Crippen molar-refractivity contribution in [3.8, 4) is 0 Å². The average molecular weight is 344 g/mol. The van der Waals surface area contributed by atoms with Crippen LogP contribution in [0.2, 0.25) is 0 Å². The minimum atomic E-state index is -0.191. The molecular formula is C17H30ClN3O2. The molecule has 2 atom stereocenters. The van der Waals surface area contributed by atoms with Gasteiger partial charge < -0.3 is 15.1 Å². The molecule has 2 amide bonds. The molecule has 0 spiro atoms. The van der Waals surface area contributed by atoms with Gasteiger partial charge in [-0.2, -0.15) is 0 Å². The molecule has 132 valence electrons. The van der Waals surface area contributed by atoms with Gasteiger partial charge in [0.15, 0.2) is 0 Å². The normalized spacial score (nSPS) is 28.7. The van der Waals surface area contributed by atoms with Crippen LogP contribution in [0.3, 0.4) is 0 Å². The van der Waals surface area contributed by atoms with Crippen molar-refractivity contribution in [2.45, 2.75) is 63.5 Å². The van der Waals surface area contributed by atoms with Crippen molar-refractivity contribution in [3.05, 3.63) is 0 Å². The molecule has 2 heterocycles. The van der Waals surface area contributed by atoms with Crippen LogP contribution in [-0.2, 0) is 9.59 Å². The Balaban J connectivity index is 0.00000192. The lowest BCUT2D eigenvalue weighted by atomic mass is 10.0. The number of amides is 2. The van der Waals surface area contributed by atoms with Crippen LogP contribution in [0.25, 0.3) is 0 Å². The molecule has 5 nitrogen and oxygen atoms in total. The Morgan fingerprint density at radius 3 is 2.30 bits per heavy atom. The molecule has 1 aliphatic carbocycles. The van der Waals surface area contributed by atoms with Crippen LogP contribution in [0.5, 0.6) is 0 Å². The smallest absolute Gasteiger partial charge is 0.245 e. The van der Waals surface area contributed by atoms with Gasteiger partial charge in [0, 0.05) is 31.6 Å². The van der Waals surface area contributed by atoms with E-state index in [0.717, 1.165) is 58.2 Å². The molecule has 2 unspecified atom stereocenters. The van der Waals surface area contributed by atoms with Crippen molar-refractivity contribution in [1.82, 2.24) is 15.1 Å². The Morgan fingerprint density at radius 1 is 0.913 bits per heavy atom. The predicted octanol–water partition coefficient (Wildman–Crippen LogP) is 1.80. The molecular weight excluding hydrogens is 314 g/mol. The van der Waals surface area contributed by atoms with Crippen LogP contribution in [-0.4, -0.2) is 60.4 Å². The van der Waals surface area contributed by atoms with Crippen LogP contribution < -0.4 is 5.32 Å². The van der Waals surface area contributed by atoms with Crippen molar-refractivity contribution in [2.75, 3.05) is 26.7 Å². The lowest BCUT2D eigenvalue weighted by molar-refractivity contribution is -0.146. The average Bonchev–Trinajstić information content (AvgIpc) is 3.24. The first-order valence-corrected chi connectivity index (χ1v) is 8.97. The van der Waals surface area contributed by atoms with Gasteiger partial charge in [0.2, 0.25) is 11.8 Å². The van der Waals surface area contributed by atoms with Crippen molar-refractivity contribution in [2.24, 2.45) is 5.92 Å². The van der Waals surface area contributed by atoms with Crippen molar-refractivity contribution >= 4 is 24.2 Å². The number of nitrogens with zero attached hydrogens (tertiary/aromatic N) is 2. The van der Waals surface area contributed by atoms with E-state index in [1.165, 1.54) is 12.8 Å². The molecule has 2 aliphatic heterocycles. The highest BCUT2D eigenvalue weighted by Crippen LogP contribution is 2.30. The highest BCUT2D eigenvalue weighted by molar-refractivity contribution is 5.89. The van der Waals surface area contributed by atoms with E-state index >= 15 is 0 Å². The Kier molecular flexibility index (Phi) is 6.72. The standard InChI is InChI=1S/C17H29N3O2.ClH/c1-18-14-8-4-10-19(12-14)17(22)15-9-5-11-20(15)16(21)13-6-2-3-7-13;/h13-15,18H,2-12H2,1H3;1H. The number of likely N-dealkylation sites (N-methyl/N-ethyl adjacent to an activating group) is 1. The zero-order valence-electron chi connectivity index (χ0n) is 14.1. The molecule has 0 aromatic rings. The van der Waals surface area contributed by atoms with Gasteiger partial charge in [0.05, 0.1) is 0 Å². The van der Waals surface area contributed by atoms with Gasteiger partial charge in [0.1, 0.15) is 6.04 Å². The number of hydrogen-bond donors (Lipinski definition) is 1. The number of hydrogen-bond acceptors (Lipinski definition) is 3. The highest BCUT2D eigenvalue weighted by Gasteiger charge is 2.40. The predicted molar refractivity (Wildman–Crippen MR) is 92.6 cm³/mol. The SMILES string of the molecule is CNC1CCCN(C(=O)C2CCCN2C(=O)C2CCCC2)C1.Cl. The largest absolute Gasteiger partial charge is 0.339 e. The maximum absolute atomic E-state index is 12.9. The summed E-state index contributed by atoms with van der Waals surface area (Å²) in [7, 11) is 1.96. The third kappa shape index (κ3) is 4.00. The fraction of sp³-hybridized carbons (Fsp3) is 0.882. The van der Waals surface area contributed by atoms with Crippen LogP contribution in [0.4, 0.5) is 0 Å². The van der Waals surface area contributed by atoms with Crippen LogP contribution in [0, 0.1) is 5.92 Å². The van der Waals surface area contributed by atoms with Crippen LogP contribution in [0.15, 0.2) is 0 Å². The monoisotopic (exact) mass is 343 g/mol. The molecule has 23 heavy (non-hydrogen) atoms. The summed E-state index contributed by atoms with van der Waals surface area (Å²) in [5.74, 6) is 0.610. The molecule has 1 saturated carbocycles. The lowest BCUT2D eigenvalue weighted by Gasteiger charge is -2.36. The second kappa shape index (κ2) is 8.34. The topological polar surface area (TPSA) is 52.7 Å².